The van der Waals surface area contributed by atoms with Gasteiger partial charge in [0.25, 0.3) is 11.8 Å². The van der Waals surface area contributed by atoms with E-state index in [2.05, 4.69) is 10.9 Å². The van der Waals surface area contributed by atoms with Crippen LogP contribution < -0.4 is 10.9 Å². The minimum atomic E-state index is -3.33. The largest absolute Gasteiger partial charge is 0.272 e. The lowest BCUT2D eigenvalue weighted by Gasteiger charge is -2.20. The van der Waals surface area contributed by atoms with Crippen molar-refractivity contribution in [3.8, 4) is 0 Å². The highest BCUT2D eigenvalue weighted by atomic mass is 32.2. The Labute approximate surface area is 170 Å². The van der Waals surface area contributed by atoms with Gasteiger partial charge in [0.05, 0.1) is 10.1 Å². The summed E-state index contributed by atoms with van der Waals surface area (Å²) in [6, 6.07) is 15.4. The first kappa shape index (κ1) is 22.0. The summed E-state index contributed by atoms with van der Waals surface area (Å²) in [5.74, 6) is -0.0153. The summed E-state index contributed by atoms with van der Waals surface area (Å²) in [5, 5.41) is -0.326. The molecule has 1 unspecified atom stereocenters. The number of hydrazine groups is 1. The summed E-state index contributed by atoms with van der Waals surface area (Å²) < 4.78 is 22.9. The molecular weight excluding hydrogens is 396 g/mol. The predicted molar refractivity (Wildman–Crippen MR) is 112 cm³/mol. The normalized spacial score (nSPS) is 12.4. The van der Waals surface area contributed by atoms with E-state index < -0.39 is 15.7 Å². The Balaban J connectivity index is 1.93. The number of carbonyl (C=O) groups excluding carboxylic acids is 2. The first-order chi connectivity index (χ1) is 13.2. The van der Waals surface area contributed by atoms with Crippen LogP contribution in [0.15, 0.2) is 59.5 Å². The number of benzene rings is 2. The van der Waals surface area contributed by atoms with E-state index in [4.69, 9.17) is 0 Å². The monoisotopic (exact) mass is 420 g/mol. The summed E-state index contributed by atoms with van der Waals surface area (Å²) in [6.45, 7) is 3.90. The van der Waals surface area contributed by atoms with E-state index in [9.17, 15) is 18.0 Å². The van der Waals surface area contributed by atoms with Gasteiger partial charge in [-0.3, -0.25) is 20.4 Å². The SMILES string of the molecule is CC(C)C(SCc1ccccc1)C(=O)NNC(=O)c1ccc(S(C)(=O)=O)cc1. The smallest absolute Gasteiger partial charge is 0.269 e. The average molecular weight is 421 g/mol. The third-order valence-corrected chi connectivity index (χ3v) is 6.73. The van der Waals surface area contributed by atoms with E-state index in [1.165, 1.54) is 36.0 Å². The number of thioether (sulfide) groups is 1. The lowest BCUT2D eigenvalue weighted by molar-refractivity contribution is -0.122. The Morgan fingerprint density at radius 1 is 0.964 bits per heavy atom. The maximum Gasteiger partial charge on any atom is 0.269 e. The van der Waals surface area contributed by atoms with Crippen molar-refractivity contribution in [2.45, 2.75) is 29.7 Å². The molecule has 6 nitrogen and oxygen atoms in total. The van der Waals surface area contributed by atoms with Gasteiger partial charge < -0.3 is 0 Å². The van der Waals surface area contributed by atoms with Gasteiger partial charge in [0.1, 0.15) is 0 Å². The Hall–Kier alpha value is -2.32. The van der Waals surface area contributed by atoms with Crippen molar-refractivity contribution in [1.82, 2.24) is 10.9 Å². The topological polar surface area (TPSA) is 92.3 Å². The molecule has 2 aromatic rings. The molecule has 0 radical (unpaired) electrons. The summed E-state index contributed by atoms with van der Waals surface area (Å²) in [6.07, 6.45) is 1.10. The van der Waals surface area contributed by atoms with Crippen LogP contribution in [0, 0.1) is 5.92 Å². The molecule has 0 aromatic heterocycles. The van der Waals surface area contributed by atoms with Gasteiger partial charge in [0.2, 0.25) is 0 Å². The summed E-state index contributed by atoms with van der Waals surface area (Å²) in [7, 11) is -3.33. The quantitative estimate of drug-likeness (QED) is 0.672. The molecule has 0 saturated carbocycles. The standard InChI is InChI=1S/C20H24N2O4S2/c1-14(2)18(27-13-15-7-5-4-6-8-15)20(24)22-21-19(23)16-9-11-17(12-10-16)28(3,25)26/h4-12,14,18H,13H2,1-3H3,(H,21,23)(H,22,24). The molecule has 2 rings (SSSR count). The second-order valence-corrected chi connectivity index (χ2v) is 9.85. The van der Waals surface area contributed by atoms with E-state index in [0.29, 0.717) is 5.75 Å². The van der Waals surface area contributed by atoms with Crippen LogP contribution in [0.5, 0.6) is 0 Å². The fraction of sp³-hybridized carbons (Fsp3) is 0.300. The molecule has 0 bridgehead atoms. The second-order valence-electron chi connectivity index (χ2n) is 6.70. The Kier molecular flexibility index (Phi) is 7.65. The van der Waals surface area contributed by atoms with Crippen molar-refractivity contribution < 1.29 is 18.0 Å². The fourth-order valence-corrected chi connectivity index (χ4v) is 4.24. The molecule has 28 heavy (non-hydrogen) atoms. The molecule has 0 aliphatic carbocycles. The number of amides is 2. The molecule has 0 aliphatic rings. The molecule has 150 valence electrons. The molecule has 0 aliphatic heterocycles. The maximum atomic E-state index is 12.5. The number of nitrogens with one attached hydrogen (secondary N) is 2. The van der Waals surface area contributed by atoms with Crippen molar-refractivity contribution in [1.29, 1.82) is 0 Å². The molecule has 0 heterocycles. The van der Waals surface area contributed by atoms with Gasteiger partial charge in [0, 0.05) is 17.6 Å². The summed E-state index contributed by atoms with van der Waals surface area (Å²) >= 11 is 1.51. The van der Waals surface area contributed by atoms with E-state index in [1.54, 1.807) is 0 Å². The van der Waals surface area contributed by atoms with Crippen LogP contribution in [0.1, 0.15) is 29.8 Å². The first-order valence-corrected chi connectivity index (χ1v) is 11.7. The van der Waals surface area contributed by atoms with Crippen LogP contribution >= 0.6 is 11.8 Å². The fourth-order valence-electron chi connectivity index (χ4n) is 2.45. The van der Waals surface area contributed by atoms with Crippen LogP contribution in [0.2, 0.25) is 0 Å². The first-order valence-electron chi connectivity index (χ1n) is 8.74. The van der Waals surface area contributed by atoms with E-state index >= 15 is 0 Å². The molecule has 1 atom stereocenters. The molecule has 8 heteroatoms. The molecule has 0 saturated heterocycles. The highest BCUT2D eigenvalue weighted by Crippen LogP contribution is 2.23. The Morgan fingerprint density at radius 3 is 2.11 bits per heavy atom. The van der Waals surface area contributed by atoms with Crippen molar-refractivity contribution in [2.24, 2.45) is 5.92 Å². The van der Waals surface area contributed by atoms with Gasteiger partial charge in [-0.25, -0.2) is 8.42 Å². The van der Waals surface area contributed by atoms with Gasteiger partial charge in [-0.2, -0.15) is 0 Å². The highest BCUT2D eigenvalue weighted by Gasteiger charge is 2.23. The number of sulfone groups is 1. The highest BCUT2D eigenvalue weighted by molar-refractivity contribution is 7.99. The molecule has 2 aromatic carbocycles. The van der Waals surface area contributed by atoms with Crippen LogP contribution in [-0.4, -0.2) is 31.7 Å². The van der Waals surface area contributed by atoms with Crippen LogP contribution in [0.25, 0.3) is 0 Å². The second kappa shape index (κ2) is 9.75. The van der Waals surface area contributed by atoms with Crippen molar-refractivity contribution in [3.63, 3.8) is 0 Å². The molecule has 2 amide bonds. The lowest BCUT2D eigenvalue weighted by Crippen LogP contribution is -2.46. The van der Waals surface area contributed by atoms with Gasteiger partial charge in [-0.15, -0.1) is 11.8 Å². The predicted octanol–water partition coefficient (Wildman–Crippen LogP) is 2.81. The Morgan fingerprint density at radius 2 is 1.57 bits per heavy atom. The minimum Gasteiger partial charge on any atom is -0.272 e. The third-order valence-electron chi connectivity index (χ3n) is 3.98. The summed E-state index contributed by atoms with van der Waals surface area (Å²) in [5.41, 5.74) is 6.24. The van der Waals surface area contributed by atoms with Crippen LogP contribution in [0.3, 0.4) is 0 Å². The van der Waals surface area contributed by atoms with Crippen molar-refractivity contribution in [3.05, 3.63) is 65.7 Å². The zero-order valence-electron chi connectivity index (χ0n) is 16.0. The minimum absolute atomic E-state index is 0.0830. The van der Waals surface area contributed by atoms with Crippen molar-refractivity contribution in [2.75, 3.05) is 6.26 Å². The average Bonchev–Trinajstić information content (AvgIpc) is 2.66. The Bertz CT molecular complexity index is 911. The number of hydrogen-bond acceptors (Lipinski definition) is 5. The van der Waals surface area contributed by atoms with Gasteiger partial charge in [-0.05, 0) is 35.7 Å². The summed E-state index contributed by atoms with van der Waals surface area (Å²) in [4.78, 5) is 24.8. The molecular formula is C20H24N2O4S2. The third kappa shape index (κ3) is 6.38. The van der Waals surface area contributed by atoms with Gasteiger partial charge in [-0.1, -0.05) is 44.2 Å². The van der Waals surface area contributed by atoms with E-state index in [1.807, 2.05) is 44.2 Å². The maximum absolute atomic E-state index is 12.5. The number of carbonyl (C=O) groups is 2. The lowest BCUT2D eigenvalue weighted by atomic mass is 10.1. The number of hydrogen-bond donors (Lipinski definition) is 2. The zero-order valence-corrected chi connectivity index (χ0v) is 17.6. The van der Waals surface area contributed by atoms with Crippen LogP contribution in [-0.2, 0) is 20.4 Å². The molecule has 2 N–H and O–H groups in total. The molecule has 0 spiro atoms. The van der Waals surface area contributed by atoms with Crippen LogP contribution in [0.4, 0.5) is 0 Å². The van der Waals surface area contributed by atoms with Crippen molar-refractivity contribution >= 4 is 33.4 Å². The van der Waals surface area contributed by atoms with E-state index in [-0.39, 0.29) is 27.5 Å². The van der Waals surface area contributed by atoms with Gasteiger partial charge >= 0.3 is 0 Å². The zero-order chi connectivity index (χ0) is 20.7. The molecule has 0 fully saturated rings. The van der Waals surface area contributed by atoms with Gasteiger partial charge in [0.15, 0.2) is 9.84 Å². The van der Waals surface area contributed by atoms with E-state index in [0.717, 1.165) is 11.8 Å². The number of rotatable bonds is 7.